The highest BCUT2D eigenvalue weighted by atomic mass is 32.2. The average molecular weight is 241 g/mol. The molecule has 1 rings (SSSR count). The third kappa shape index (κ3) is 4.18. The average Bonchev–Trinajstić information content (AvgIpc) is 2.65. The molecule has 0 saturated heterocycles. The second kappa shape index (κ2) is 6.97. The highest BCUT2D eigenvalue weighted by Gasteiger charge is 2.14. The molecule has 1 N–H and O–H groups in total. The molecule has 0 bridgehead atoms. The molecule has 4 heteroatoms. The minimum atomic E-state index is 0.417. The Morgan fingerprint density at radius 3 is 2.75 bits per heavy atom. The van der Waals surface area contributed by atoms with E-state index in [4.69, 9.17) is 0 Å². The van der Waals surface area contributed by atoms with Gasteiger partial charge in [-0.25, -0.2) is 0 Å². The summed E-state index contributed by atoms with van der Waals surface area (Å²) in [5.41, 5.74) is 1.28. The van der Waals surface area contributed by atoms with Gasteiger partial charge in [0, 0.05) is 19.0 Å². The molecule has 3 nitrogen and oxygen atoms in total. The summed E-state index contributed by atoms with van der Waals surface area (Å²) in [6, 6.07) is 2.52. The Kier molecular flexibility index (Phi) is 5.91. The largest absolute Gasteiger partial charge is 0.308 e. The van der Waals surface area contributed by atoms with Gasteiger partial charge in [0.2, 0.25) is 0 Å². The molecule has 1 aromatic rings. The zero-order valence-corrected chi connectivity index (χ0v) is 11.5. The Bertz CT molecular complexity index is 296. The zero-order chi connectivity index (χ0) is 12.0. The summed E-state index contributed by atoms with van der Waals surface area (Å²) in [4.78, 5) is 0. The summed E-state index contributed by atoms with van der Waals surface area (Å²) >= 11 is 1.99. The maximum absolute atomic E-state index is 4.24. The van der Waals surface area contributed by atoms with Gasteiger partial charge >= 0.3 is 0 Å². The third-order valence-corrected chi connectivity index (χ3v) is 3.65. The molecule has 0 radical (unpaired) electrons. The van der Waals surface area contributed by atoms with Crippen LogP contribution in [0.15, 0.2) is 12.3 Å². The molecule has 16 heavy (non-hydrogen) atoms. The van der Waals surface area contributed by atoms with Crippen molar-refractivity contribution >= 4 is 11.8 Å². The molecule has 0 aliphatic carbocycles. The molecule has 1 atom stereocenters. The first kappa shape index (κ1) is 13.6. The molecular formula is C12H23N3S. The Hall–Kier alpha value is -0.480. The predicted molar refractivity (Wildman–Crippen MR) is 71.8 cm³/mol. The van der Waals surface area contributed by atoms with E-state index in [9.17, 15) is 0 Å². The van der Waals surface area contributed by atoms with Gasteiger partial charge in [0.05, 0.1) is 11.7 Å². The molecule has 1 unspecified atom stereocenters. The van der Waals surface area contributed by atoms with Gasteiger partial charge in [-0.2, -0.15) is 16.9 Å². The van der Waals surface area contributed by atoms with Gasteiger partial charge in [0.1, 0.15) is 0 Å². The van der Waals surface area contributed by atoms with Crippen molar-refractivity contribution in [2.24, 2.45) is 7.05 Å². The van der Waals surface area contributed by atoms with Crippen molar-refractivity contribution in [3.05, 3.63) is 18.0 Å². The maximum Gasteiger partial charge on any atom is 0.0583 e. The number of nitrogens with one attached hydrogen (secondary N) is 1. The fraction of sp³-hybridized carbons (Fsp3) is 0.750. The van der Waals surface area contributed by atoms with E-state index in [1.54, 1.807) is 0 Å². The molecule has 0 fully saturated rings. The van der Waals surface area contributed by atoms with Gasteiger partial charge in [-0.05, 0) is 24.3 Å². The molecule has 1 aromatic heterocycles. The van der Waals surface area contributed by atoms with Crippen molar-refractivity contribution in [1.29, 1.82) is 0 Å². The third-order valence-electron chi connectivity index (χ3n) is 2.45. The van der Waals surface area contributed by atoms with Gasteiger partial charge in [-0.15, -0.1) is 0 Å². The number of thioether (sulfide) groups is 1. The molecule has 0 aliphatic rings. The minimum absolute atomic E-state index is 0.417. The van der Waals surface area contributed by atoms with Crippen LogP contribution in [0.3, 0.4) is 0 Å². The molecule has 1 heterocycles. The van der Waals surface area contributed by atoms with Crippen LogP contribution in [-0.2, 0) is 7.05 Å². The Labute approximate surface area is 103 Å². The van der Waals surface area contributed by atoms with Crippen LogP contribution < -0.4 is 5.32 Å². The van der Waals surface area contributed by atoms with Gasteiger partial charge in [-0.3, -0.25) is 4.68 Å². The summed E-state index contributed by atoms with van der Waals surface area (Å²) in [7, 11) is 2.01. The first-order valence-electron chi connectivity index (χ1n) is 5.98. The summed E-state index contributed by atoms with van der Waals surface area (Å²) in [5, 5.41) is 8.51. The molecule has 0 spiro atoms. The lowest BCUT2D eigenvalue weighted by molar-refractivity contribution is 0.534. The lowest BCUT2D eigenvalue weighted by Gasteiger charge is -2.19. The molecule has 0 amide bonds. The molecule has 0 aromatic carbocycles. The van der Waals surface area contributed by atoms with E-state index in [1.807, 2.05) is 29.7 Å². The van der Waals surface area contributed by atoms with Crippen LogP contribution in [0.25, 0.3) is 0 Å². The van der Waals surface area contributed by atoms with Crippen LogP contribution in [0.4, 0.5) is 0 Å². The number of aromatic nitrogens is 2. The van der Waals surface area contributed by atoms with Crippen molar-refractivity contribution < 1.29 is 0 Å². The van der Waals surface area contributed by atoms with Gasteiger partial charge in [-0.1, -0.05) is 20.8 Å². The number of aryl methyl sites for hydroxylation is 1. The van der Waals surface area contributed by atoms with Crippen molar-refractivity contribution in [3.63, 3.8) is 0 Å². The van der Waals surface area contributed by atoms with Crippen LogP contribution in [-0.4, -0.2) is 27.3 Å². The minimum Gasteiger partial charge on any atom is -0.308 e. The Morgan fingerprint density at radius 1 is 1.50 bits per heavy atom. The second-order valence-corrected chi connectivity index (χ2v) is 5.88. The quantitative estimate of drug-likeness (QED) is 0.796. The van der Waals surface area contributed by atoms with Gasteiger partial charge < -0.3 is 5.32 Å². The smallest absolute Gasteiger partial charge is 0.0583 e. The van der Waals surface area contributed by atoms with E-state index >= 15 is 0 Å². The van der Waals surface area contributed by atoms with E-state index in [2.05, 4.69) is 37.3 Å². The van der Waals surface area contributed by atoms with E-state index < -0.39 is 0 Å². The van der Waals surface area contributed by atoms with Crippen LogP contribution >= 0.6 is 11.8 Å². The first-order valence-corrected chi connectivity index (χ1v) is 7.03. The fourth-order valence-electron chi connectivity index (χ4n) is 1.58. The number of hydrogen-bond acceptors (Lipinski definition) is 3. The molecular weight excluding hydrogens is 218 g/mol. The van der Waals surface area contributed by atoms with Crippen molar-refractivity contribution in [2.75, 3.05) is 12.3 Å². The van der Waals surface area contributed by atoms with Gasteiger partial charge in [0.15, 0.2) is 0 Å². The highest BCUT2D eigenvalue weighted by molar-refractivity contribution is 7.99. The number of rotatable bonds is 7. The lowest BCUT2D eigenvalue weighted by Crippen LogP contribution is -2.26. The van der Waals surface area contributed by atoms with Crippen molar-refractivity contribution in [2.45, 2.75) is 38.5 Å². The van der Waals surface area contributed by atoms with E-state index in [0.717, 1.165) is 12.3 Å². The van der Waals surface area contributed by atoms with Crippen LogP contribution in [0.5, 0.6) is 0 Å². The van der Waals surface area contributed by atoms with E-state index in [1.165, 1.54) is 12.1 Å². The fourth-order valence-corrected chi connectivity index (χ4v) is 2.45. The second-order valence-electron chi connectivity index (χ2n) is 4.27. The van der Waals surface area contributed by atoms with Crippen molar-refractivity contribution in [3.8, 4) is 0 Å². The normalized spacial score (nSPS) is 13.3. The summed E-state index contributed by atoms with van der Waals surface area (Å²) in [6.45, 7) is 7.74. The Balaban J connectivity index is 2.60. The molecule has 92 valence electrons. The van der Waals surface area contributed by atoms with Crippen LogP contribution in [0.2, 0.25) is 0 Å². The van der Waals surface area contributed by atoms with Crippen LogP contribution in [0, 0.1) is 0 Å². The summed E-state index contributed by atoms with van der Waals surface area (Å²) in [6.07, 6.45) is 3.04. The number of hydrogen-bond donors (Lipinski definition) is 1. The molecule has 0 aliphatic heterocycles. The first-order chi connectivity index (χ1) is 7.65. The Morgan fingerprint density at radius 2 is 2.25 bits per heavy atom. The van der Waals surface area contributed by atoms with Gasteiger partial charge in [0.25, 0.3) is 0 Å². The van der Waals surface area contributed by atoms with Crippen molar-refractivity contribution in [1.82, 2.24) is 15.1 Å². The summed E-state index contributed by atoms with van der Waals surface area (Å²) < 4.78 is 1.97. The number of nitrogens with zero attached hydrogens (tertiary/aromatic N) is 2. The lowest BCUT2D eigenvalue weighted by atomic mass is 10.2. The monoisotopic (exact) mass is 241 g/mol. The van der Waals surface area contributed by atoms with E-state index in [0.29, 0.717) is 11.3 Å². The maximum atomic E-state index is 4.24. The van der Waals surface area contributed by atoms with Crippen LogP contribution in [0.1, 0.15) is 38.9 Å². The van der Waals surface area contributed by atoms with E-state index in [-0.39, 0.29) is 0 Å². The topological polar surface area (TPSA) is 29.9 Å². The summed E-state index contributed by atoms with van der Waals surface area (Å²) in [5.74, 6) is 1.11. The molecule has 0 saturated carbocycles. The highest BCUT2D eigenvalue weighted by Crippen LogP contribution is 2.20. The predicted octanol–water partition coefficient (Wildman–Crippen LogP) is 2.60. The SMILES string of the molecule is CCCNC(CSC(C)C)c1ccnn1C. The zero-order valence-electron chi connectivity index (χ0n) is 10.7. The standard InChI is InChI=1S/C12H23N3S/c1-5-7-13-11(9-16-10(2)3)12-6-8-14-15(12)4/h6,8,10-11,13H,5,7,9H2,1-4H3.